The molecule has 1 heterocycles. The van der Waals surface area contributed by atoms with E-state index in [0.717, 1.165) is 49.1 Å². The van der Waals surface area contributed by atoms with Crippen LogP contribution >= 0.6 is 27.5 Å². The van der Waals surface area contributed by atoms with Gasteiger partial charge in [-0.3, -0.25) is 0 Å². The highest BCUT2D eigenvalue weighted by Crippen LogP contribution is 2.41. The number of methoxy groups -OCH3 is 1. The van der Waals surface area contributed by atoms with Crippen LogP contribution in [0.15, 0.2) is 71.2 Å². The first-order chi connectivity index (χ1) is 13.1. The Hall–Kier alpha value is -2.36. The Balaban J connectivity index is 2.04. The summed E-state index contributed by atoms with van der Waals surface area (Å²) in [5.41, 5.74) is 6.29. The first kappa shape index (κ1) is 18.0. The molecule has 4 rings (SSSR count). The van der Waals surface area contributed by atoms with Gasteiger partial charge in [0.05, 0.1) is 22.8 Å². The minimum atomic E-state index is 0.710. The van der Waals surface area contributed by atoms with Crippen LogP contribution in [0.4, 0.5) is 0 Å². The van der Waals surface area contributed by atoms with Gasteiger partial charge in [0.1, 0.15) is 5.75 Å². The zero-order valence-corrected chi connectivity index (χ0v) is 17.3. The van der Waals surface area contributed by atoms with E-state index in [4.69, 9.17) is 21.3 Å². The minimum absolute atomic E-state index is 0.710. The van der Waals surface area contributed by atoms with Crippen molar-refractivity contribution >= 4 is 38.4 Å². The maximum atomic E-state index is 6.07. The highest BCUT2D eigenvalue weighted by molar-refractivity contribution is 9.10. The van der Waals surface area contributed by atoms with Crippen LogP contribution in [0.25, 0.3) is 33.3 Å². The van der Waals surface area contributed by atoms with Gasteiger partial charge in [0.25, 0.3) is 0 Å². The largest absolute Gasteiger partial charge is 0.497 e. The fraction of sp³-hybridized carbons (Fsp3) is 0.0870. The van der Waals surface area contributed by atoms with Crippen LogP contribution in [0, 0.1) is 6.92 Å². The number of pyridine rings is 1. The molecule has 0 fully saturated rings. The van der Waals surface area contributed by atoms with Crippen molar-refractivity contribution in [3.8, 4) is 28.1 Å². The third-order valence-corrected chi connectivity index (χ3v) is 5.68. The van der Waals surface area contributed by atoms with Crippen molar-refractivity contribution in [3.05, 3.63) is 81.8 Å². The number of halogens is 2. The van der Waals surface area contributed by atoms with Gasteiger partial charge in [-0.15, -0.1) is 0 Å². The highest BCUT2D eigenvalue weighted by atomic mass is 79.9. The van der Waals surface area contributed by atoms with Gasteiger partial charge in [-0.1, -0.05) is 54.1 Å². The summed E-state index contributed by atoms with van der Waals surface area (Å²) < 4.78 is 6.28. The van der Waals surface area contributed by atoms with Crippen LogP contribution in [-0.2, 0) is 0 Å². The molecule has 0 unspecified atom stereocenters. The topological polar surface area (TPSA) is 22.1 Å². The summed E-state index contributed by atoms with van der Waals surface area (Å²) in [6, 6.07) is 22.2. The molecule has 27 heavy (non-hydrogen) atoms. The molecule has 0 aliphatic rings. The molecule has 0 bridgehead atoms. The van der Waals surface area contributed by atoms with Gasteiger partial charge < -0.3 is 4.74 Å². The first-order valence-electron chi connectivity index (χ1n) is 8.57. The van der Waals surface area contributed by atoms with Gasteiger partial charge in [0.2, 0.25) is 0 Å². The molecule has 4 heteroatoms. The van der Waals surface area contributed by atoms with Crippen LogP contribution in [0.2, 0.25) is 5.02 Å². The van der Waals surface area contributed by atoms with Crippen LogP contribution in [0.3, 0.4) is 0 Å². The number of nitrogens with zero attached hydrogens (tertiary/aromatic N) is 1. The molecule has 2 nitrogen and oxygen atoms in total. The molecule has 0 atom stereocenters. The Labute approximate surface area is 171 Å². The van der Waals surface area contributed by atoms with Gasteiger partial charge in [-0.25, -0.2) is 4.98 Å². The molecular weight excluding hydrogens is 422 g/mol. The molecular formula is C23H17BrClNO. The van der Waals surface area contributed by atoms with E-state index in [0.29, 0.717) is 5.02 Å². The normalized spacial score (nSPS) is 11.0. The van der Waals surface area contributed by atoms with Crippen LogP contribution in [-0.4, -0.2) is 12.1 Å². The lowest BCUT2D eigenvalue weighted by atomic mass is 9.97. The van der Waals surface area contributed by atoms with E-state index in [1.54, 1.807) is 7.11 Å². The van der Waals surface area contributed by atoms with Gasteiger partial charge in [-0.05, 0) is 58.2 Å². The van der Waals surface area contributed by atoms with Crippen molar-refractivity contribution in [1.82, 2.24) is 4.98 Å². The number of aromatic nitrogens is 1. The van der Waals surface area contributed by atoms with Crippen LogP contribution in [0.5, 0.6) is 5.75 Å². The Morgan fingerprint density at radius 1 is 0.889 bits per heavy atom. The third kappa shape index (κ3) is 3.33. The van der Waals surface area contributed by atoms with E-state index in [9.17, 15) is 0 Å². The molecule has 0 N–H and O–H groups in total. The van der Waals surface area contributed by atoms with E-state index in [1.807, 2.05) is 36.4 Å². The summed E-state index contributed by atoms with van der Waals surface area (Å²) in [5, 5.41) is 1.83. The maximum Gasteiger partial charge on any atom is 0.118 e. The number of hydrogen-bond acceptors (Lipinski definition) is 2. The molecule has 0 radical (unpaired) electrons. The summed E-state index contributed by atoms with van der Waals surface area (Å²) >= 11 is 9.90. The van der Waals surface area contributed by atoms with Gasteiger partial charge in [0.15, 0.2) is 0 Å². The van der Waals surface area contributed by atoms with Crippen LogP contribution < -0.4 is 4.74 Å². The molecule has 0 saturated heterocycles. The standard InChI is InChI=1S/C23H17BrClNO/c1-14-4-3-5-19-20(15-8-12-18(27-2)13-9-15)21(24)23(26-22(14)19)16-6-10-17(25)11-7-16/h3-13H,1-2H3. The average molecular weight is 439 g/mol. The van der Waals surface area contributed by atoms with Crippen molar-refractivity contribution in [2.24, 2.45) is 0 Å². The second kappa shape index (κ2) is 7.34. The maximum absolute atomic E-state index is 6.07. The lowest BCUT2D eigenvalue weighted by Gasteiger charge is -2.15. The number of rotatable bonds is 3. The van der Waals surface area contributed by atoms with Gasteiger partial charge in [-0.2, -0.15) is 0 Å². The summed E-state index contributed by atoms with van der Waals surface area (Å²) in [7, 11) is 1.68. The van der Waals surface area contributed by atoms with Crippen molar-refractivity contribution in [2.45, 2.75) is 6.92 Å². The first-order valence-corrected chi connectivity index (χ1v) is 9.75. The number of hydrogen-bond donors (Lipinski definition) is 0. The van der Waals surface area contributed by atoms with E-state index in [1.165, 1.54) is 0 Å². The Kier molecular flexibility index (Phi) is 4.90. The second-order valence-corrected chi connectivity index (χ2v) is 7.59. The van der Waals surface area contributed by atoms with Crippen LogP contribution in [0.1, 0.15) is 5.56 Å². The Bertz CT molecular complexity index is 1120. The number of ether oxygens (including phenoxy) is 1. The molecule has 0 spiro atoms. The van der Waals surface area contributed by atoms with E-state index in [-0.39, 0.29) is 0 Å². The van der Waals surface area contributed by atoms with Crippen molar-refractivity contribution in [1.29, 1.82) is 0 Å². The molecule has 4 aromatic rings. The SMILES string of the molecule is COc1ccc(-c2c(Br)c(-c3ccc(Cl)cc3)nc3c(C)cccc23)cc1. The van der Waals surface area contributed by atoms with E-state index >= 15 is 0 Å². The monoisotopic (exact) mass is 437 g/mol. The van der Waals surface area contributed by atoms with Crippen molar-refractivity contribution in [2.75, 3.05) is 7.11 Å². The smallest absolute Gasteiger partial charge is 0.118 e. The predicted octanol–water partition coefficient (Wildman–Crippen LogP) is 7.30. The third-order valence-electron chi connectivity index (χ3n) is 4.65. The minimum Gasteiger partial charge on any atom is -0.497 e. The fourth-order valence-electron chi connectivity index (χ4n) is 3.25. The van der Waals surface area contributed by atoms with E-state index in [2.05, 4.69) is 53.2 Å². The quantitative estimate of drug-likeness (QED) is 0.335. The molecule has 1 aromatic heterocycles. The molecule has 0 aliphatic heterocycles. The number of benzene rings is 3. The van der Waals surface area contributed by atoms with E-state index < -0.39 is 0 Å². The second-order valence-electron chi connectivity index (χ2n) is 6.36. The lowest BCUT2D eigenvalue weighted by molar-refractivity contribution is 0.415. The van der Waals surface area contributed by atoms with Gasteiger partial charge in [0, 0.05) is 21.5 Å². The number of aryl methyl sites for hydroxylation is 1. The highest BCUT2D eigenvalue weighted by Gasteiger charge is 2.17. The summed E-state index contributed by atoms with van der Waals surface area (Å²) in [5.74, 6) is 0.835. The average Bonchev–Trinajstić information content (AvgIpc) is 2.69. The molecule has 134 valence electrons. The number of para-hydroxylation sites is 1. The molecule has 0 saturated carbocycles. The predicted molar refractivity (Wildman–Crippen MR) is 117 cm³/mol. The zero-order chi connectivity index (χ0) is 19.0. The molecule has 0 aliphatic carbocycles. The number of fused-ring (bicyclic) bond motifs is 1. The summed E-state index contributed by atoms with van der Waals surface area (Å²) in [6.07, 6.45) is 0. The van der Waals surface area contributed by atoms with Gasteiger partial charge >= 0.3 is 0 Å². The summed E-state index contributed by atoms with van der Waals surface area (Å²) in [4.78, 5) is 4.98. The fourth-order valence-corrected chi connectivity index (χ4v) is 4.13. The molecule has 3 aromatic carbocycles. The Morgan fingerprint density at radius 2 is 1.56 bits per heavy atom. The zero-order valence-electron chi connectivity index (χ0n) is 15.0. The van der Waals surface area contributed by atoms with Crippen molar-refractivity contribution < 1.29 is 4.74 Å². The van der Waals surface area contributed by atoms with Crippen molar-refractivity contribution in [3.63, 3.8) is 0 Å². The lowest BCUT2D eigenvalue weighted by Crippen LogP contribution is -1.95. The Morgan fingerprint density at radius 3 is 2.22 bits per heavy atom. The summed E-state index contributed by atoms with van der Waals surface area (Å²) in [6.45, 7) is 2.09. The molecule has 0 amide bonds.